The molecule has 0 aliphatic heterocycles. The van der Waals surface area contributed by atoms with Gasteiger partial charge in [-0.15, -0.1) is 0 Å². The third kappa shape index (κ3) is 4.00. The van der Waals surface area contributed by atoms with Gasteiger partial charge in [-0.1, -0.05) is 28.1 Å². The lowest BCUT2D eigenvalue weighted by molar-refractivity contribution is -0.117. The number of halogens is 1. The molecule has 2 aromatic rings. The van der Waals surface area contributed by atoms with Crippen LogP contribution in [0.3, 0.4) is 0 Å². The third-order valence-electron chi connectivity index (χ3n) is 4.10. The van der Waals surface area contributed by atoms with Gasteiger partial charge in [0.05, 0.1) is 5.69 Å². The van der Waals surface area contributed by atoms with Crippen LogP contribution in [-0.2, 0) is 24.7 Å². The molecule has 24 heavy (non-hydrogen) atoms. The smallest absolute Gasteiger partial charge is 0.266 e. The number of fused-ring (bicyclic) bond motifs is 1. The lowest BCUT2D eigenvalue weighted by Crippen LogP contribution is -2.39. The summed E-state index contributed by atoms with van der Waals surface area (Å²) in [7, 11) is 1.66. The Labute approximate surface area is 148 Å². The Morgan fingerprint density at radius 2 is 2.12 bits per heavy atom. The number of carbonyl (C=O) groups excluding carboxylic acids is 1. The van der Waals surface area contributed by atoms with E-state index in [1.54, 1.807) is 25.3 Å². The minimum Gasteiger partial charge on any atom is -0.349 e. The van der Waals surface area contributed by atoms with Gasteiger partial charge in [-0.05, 0) is 48.6 Å². The van der Waals surface area contributed by atoms with Crippen molar-refractivity contribution in [1.29, 1.82) is 0 Å². The molecule has 3 rings (SSSR count). The average molecular weight is 388 g/mol. The standard InChI is InChI=1S/C18H18BrN3O2/c1-22-18(24)11-13-10-15(7-8-16(13)21-22)20-17(23)9-4-12-2-5-14(19)6-3-12/h2-6,9,11,15H,7-8,10H2,1H3,(H,20,23). The Morgan fingerprint density at radius 3 is 2.88 bits per heavy atom. The minimum atomic E-state index is -0.122. The van der Waals surface area contributed by atoms with Crippen LogP contribution in [0.2, 0.25) is 0 Å². The Morgan fingerprint density at radius 1 is 1.38 bits per heavy atom. The molecule has 6 heteroatoms. The van der Waals surface area contributed by atoms with Crippen LogP contribution in [0.15, 0.2) is 45.7 Å². The number of aryl methyl sites for hydroxylation is 2. The van der Waals surface area contributed by atoms with E-state index in [9.17, 15) is 9.59 Å². The second-order valence-electron chi connectivity index (χ2n) is 5.91. The SMILES string of the molecule is Cn1nc2c(cc1=O)CC(NC(=O)C=Cc1ccc(Br)cc1)CC2. The maximum atomic E-state index is 12.1. The average Bonchev–Trinajstić information content (AvgIpc) is 2.56. The topological polar surface area (TPSA) is 64.0 Å². The molecule has 0 fully saturated rings. The van der Waals surface area contributed by atoms with Crippen molar-refractivity contribution in [2.45, 2.75) is 25.3 Å². The number of nitrogens with zero attached hydrogens (tertiary/aromatic N) is 2. The van der Waals surface area contributed by atoms with Crippen molar-refractivity contribution >= 4 is 27.9 Å². The zero-order chi connectivity index (χ0) is 17.1. The molecule has 0 radical (unpaired) electrons. The molecule has 124 valence electrons. The highest BCUT2D eigenvalue weighted by Crippen LogP contribution is 2.18. The number of carbonyl (C=O) groups is 1. The summed E-state index contributed by atoms with van der Waals surface area (Å²) >= 11 is 3.38. The van der Waals surface area contributed by atoms with Crippen LogP contribution >= 0.6 is 15.9 Å². The number of aromatic nitrogens is 2. The van der Waals surface area contributed by atoms with Crippen LogP contribution in [0, 0.1) is 0 Å². The number of benzene rings is 1. The summed E-state index contributed by atoms with van der Waals surface area (Å²) in [5.41, 5.74) is 2.74. The fourth-order valence-corrected chi connectivity index (χ4v) is 3.07. The molecule has 1 N–H and O–H groups in total. The highest BCUT2D eigenvalue weighted by molar-refractivity contribution is 9.10. The summed E-state index contributed by atoms with van der Waals surface area (Å²) in [5, 5.41) is 7.29. The Bertz CT molecular complexity index is 840. The van der Waals surface area contributed by atoms with Crippen molar-refractivity contribution in [1.82, 2.24) is 15.1 Å². The first-order valence-electron chi connectivity index (χ1n) is 7.81. The second kappa shape index (κ2) is 7.13. The number of hydrogen-bond acceptors (Lipinski definition) is 3. The van der Waals surface area contributed by atoms with Crippen LogP contribution in [0.4, 0.5) is 0 Å². The molecule has 1 unspecified atom stereocenters. The third-order valence-corrected chi connectivity index (χ3v) is 4.63. The number of amides is 1. The number of nitrogens with one attached hydrogen (secondary N) is 1. The zero-order valence-corrected chi connectivity index (χ0v) is 14.9. The van der Waals surface area contributed by atoms with Crippen LogP contribution in [0.25, 0.3) is 6.08 Å². The molecular weight excluding hydrogens is 370 g/mol. The summed E-state index contributed by atoms with van der Waals surface area (Å²) in [4.78, 5) is 23.8. The van der Waals surface area contributed by atoms with Crippen molar-refractivity contribution in [2.24, 2.45) is 7.05 Å². The molecule has 1 aliphatic carbocycles. The largest absolute Gasteiger partial charge is 0.349 e. The van der Waals surface area contributed by atoms with Crippen LogP contribution < -0.4 is 10.9 Å². The Balaban J connectivity index is 1.62. The summed E-state index contributed by atoms with van der Waals surface area (Å²) in [6.45, 7) is 0. The van der Waals surface area contributed by atoms with Crippen molar-refractivity contribution in [2.75, 3.05) is 0 Å². The monoisotopic (exact) mass is 387 g/mol. The lowest BCUT2D eigenvalue weighted by atomic mass is 9.92. The van der Waals surface area contributed by atoms with Gasteiger partial charge < -0.3 is 5.32 Å². The molecule has 0 bridgehead atoms. The summed E-state index contributed by atoms with van der Waals surface area (Å²) in [6.07, 6.45) is 5.58. The van der Waals surface area contributed by atoms with Gasteiger partial charge in [0.1, 0.15) is 0 Å². The number of rotatable bonds is 3. The van der Waals surface area contributed by atoms with E-state index in [0.29, 0.717) is 6.42 Å². The molecule has 1 atom stereocenters. The molecule has 1 aromatic carbocycles. The fourth-order valence-electron chi connectivity index (χ4n) is 2.80. The molecule has 5 nitrogen and oxygen atoms in total. The molecule has 0 saturated heterocycles. The molecule has 1 aliphatic rings. The van der Waals surface area contributed by atoms with Gasteiger partial charge in [0, 0.05) is 29.7 Å². The maximum absolute atomic E-state index is 12.1. The van der Waals surface area contributed by atoms with Crippen molar-refractivity contribution < 1.29 is 4.79 Å². The minimum absolute atomic E-state index is 0.0356. The van der Waals surface area contributed by atoms with Crippen molar-refractivity contribution in [3.05, 3.63) is 68.1 Å². The first-order valence-corrected chi connectivity index (χ1v) is 8.61. The molecular formula is C18H18BrN3O2. The van der Waals surface area contributed by atoms with Crippen LogP contribution in [-0.4, -0.2) is 21.7 Å². The molecule has 0 saturated carbocycles. The van der Waals surface area contributed by atoms with Gasteiger partial charge in [0.2, 0.25) is 5.91 Å². The zero-order valence-electron chi connectivity index (χ0n) is 13.3. The number of hydrogen-bond donors (Lipinski definition) is 1. The van der Waals surface area contributed by atoms with E-state index in [1.807, 2.05) is 24.3 Å². The summed E-state index contributed by atoms with van der Waals surface area (Å²) < 4.78 is 2.36. The fraction of sp³-hybridized carbons (Fsp3) is 0.278. The quantitative estimate of drug-likeness (QED) is 0.821. The first kappa shape index (κ1) is 16.6. The van der Waals surface area contributed by atoms with Gasteiger partial charge in [0.15, 0.2) is 0 Å². The first-order chi connectivity index (χ1) is 11.5. The van der Waals surface area contributed by atoms with E-state index in [-0.39, 0.29) is 17.5 Å². The van der Waals surface area contributed by atoms with Gasteiger partial charge >= 0.3 is 0 Å². The van der Waals surface area contributed by atoms with Gasteiger partial charge in [-0.3, -0.25) is 9.59 Å². The second-order valence-corrected chi connectivity index (χ2v) is 6.83. The van der Waals surface area contributed by atoms with Gasteiger partial charge in [-0.2, -0.15) is 5.10 Å². The predicted octanol–water partition coefficient (Wildman–Crippen LogP) is 2.23. The Hall–Kier alpha value is -2.21. The van der Waals surface area contributed by atoms with Crippen LogP contribution in [0.5, 0.6) is 0 Å². The van der Waals surface area contributed by atoms with E-state index in [0.717, 1.165) is 34.1 Å². The Kier molecular flexibility index (Phi) is 4.94. The molecule has 0 spiro atoms. The van der Waals surface area contributed by atoms with E-state index in [4.69, 9.17) is 0 Å². The lowest BCUT2D eigenvalue weighted by Gasteiger charge is -2.24. The highest BCUT2D eigenvalue weighted by atomic mass is 79.9. The maximum Gasteiger partial charge on any atom is 0.266 e. The highest BCUT2D eigenvalue weighted by Gasteiger charge is 2.21. The molecule has 1 amide bonds. The van der Waals surface area contributed by atoms with E-state index in [2.05, 4.69) is 26.3 Å². The molecule has 1 aromatic heterocycles. The van der Waals surface area contributed by atoms with Crippen molar-refractivity contribution in [3.63, 3.8) is 0 Å². The van der Waals surface area contributed by atoms with Crippen LogP contribution in [0.1, 0.15) is 23.2 Å². The van der Waals surface area contributed by atoms with Gasteiger partial charge in [-0.25, -0.2) is 4.68 Å². The van der Waals surface area contributed by atoms with Gasteiger partial charge in [0.25, 0.3) is 5.56 Å². The molecule has 1 heterocycles. The van der Waals surface area contributed by atoms with E-state index < -0.39 is 0 Å². The summed E-state index contributed by atoms with van der Waals surface area (Å²) in [5.74, 6) is -0.122. The summed E-state index contributed by atoms with van der Waals surface area (Å²) in [6, 6.07) is 9.40. The predicted molar refractivity (Wildman–Crippen MR) is 96.6 cm³/mol. The normalized spacial score (nSPS) is 16.8. The van der Waals surface area contributed by atoms with E-state index >= 15 is 0 Å². The van der Waals surface area contributed by atoms with E-state index in [1.165, 1.54) is 4.68 Å². The van der Waals surface area contributed by atoms with Crippen molar-refractivity contribution in [3.8, 4) is 0 Å².